The molecule has 1 aromatic rings. The number of carboxylic acids is 1. The Morgan fingerprint density at radius 2 is 2.05 bits per heavy atom. The lowest BCUT2D eigenvalue weighted by molar-refractivity contribution is 0.0691. The molecular weight excluding hydrogens is 278 g/mol. The first kappa shape index (κ1) is 16.4. The first-order valence-electron chi connectivity index (χ1n) is 6.70. The number of amides is 2. The number of nitrogens with one attached hydrogen (secondary N) is 2. The van der Waals surface area contributed by atoms with Crippen LogP contribution in [0.15, 0.2) is 5.38 Å². The maximum Gasteiger partial charge on any atom is 0.355 e. The van der Waals surface area contributed by atoms with E-state index in [2.05, 4.69) is 29.5 Å². The first-order valence-corrected chi connectivity index (χ1v) is 7.58. The smallest absolute Gasteiger partial charge is 0.355 e. The van der Waals surface area contributed by atoms with Gasteiger partial charge in [-0.25, -0.2) is 14.6 Å². The zero-order valence-electron chi connectivity index (χ0n) is 12.0. The molecule has 6 nitrogen and oxygen atoms in total. The highest BCUT2D eigenvalue weighted by Gasteiger charge is 2.16. The van der Waals surface area contributed by atoms with Crippen LogP contribution in [-0.4, -0.2) is 28.6 Å². The molecule has 1 rings (SSSR count). The van der Waals surface area contributed by atoms with Crippen molar-refractivity contribution in [3.05, 3.63) is 16.1 Å². The van der Waals surface area contributed by atoms with Gasteiger partial charge < -0.3 is 15.7 Å². The minimum atomic E-state index is -1.06. The molecule has 1 atom stereocenters. The fourth-order valence-corrected chi connectivity index (χ4v) is 2.51. The van der Waals surface area contributed by atoms with E-state index in [0.29, 0.717) is 17.5 Å². The predicted octanol–water partition coefficient (Wildman–Crippen LogP) is 2.64. The molecule has 0 fully saturated rings. The second kappa shape index (κ2) is 7.84. The lowest BCUT2D eigenvalue weighted by Gasteiger charge is -2.16. The van der Waals surface area contributed by atoms with E-state index < -0.39 is 5.97 Å². The van der Waals surface area contributed by atoms with Gasteiger partial charge in [-0.3, -0.25) is 0 Å². The molecule has 7 heteroatoms. The van der Waals surface area contributed by atoms with Crippen molar-refractivity contribution in [2.75, 3.05) is 6.54 Å². The van der Waals surface area contributed by atoms with Crippen LogP contribution in [0.5, 0.6) is 0 Å². The molecular formula is C13H21N3O3S. The maximum atomic E-state index is 11.7. The number of thiazole rings is 1. The summed E-state index contributed by atoms with van der Waals surface area (Å²) in [4.78, 5) is 26.5. The Balaban J connectivity index is 2.46. The second-order valence-electron chi connectivity index (χ2n) is 4.63. The Bertz CT molecular complexity index is 457. The maximum absolute atomic E-state index is 11.7. The summed E-state index contributed by atoms with van der Waals surface area (Å²) in [6.07, 6.45) is 2.06. The van der Waals surface area contributed by atoms with E-state index in [-0.39, 0.29) is 17.8 Å². The van der Waals surface area contributed by atoms with Crippen LogP contribution in [0.2, 0.25) is 0 Å². The van der Waals surface area contributed by atoms with Gasteiger partial charge in [0.1, 0.15) is 5.01 Å². The van der Waals surface area contributed by atoms with Crippen molar-refractivity contribution in [2.24, 2.45) is 5.92 Å². The van der Waals surface area contributed by atoms with Crippen molar-refractivity contribution < 1.29 is 14.7 Å². The number of carboxylic acid groups (broad SMARTS) is 1. The zero-order valence-corrected chi connectivity index (χ0v) is 12.8. The number of urea groups is 1. The third-order valence-corrected chi connectivity index (χ3v) is 4.19. The van der Waals surface area contributed by atoms with E-state index in [1.54, 1.807) is 6.92 Å². The van der Waals surface area contributed by atoms with E-state index in [1.807, 2.05) is 0 Å². The third kappa shape index (κ3) is 4.80. The van der Waals surface area contributed by atoms with Gasteiger partial charge in [0.15, 0.2) is 5.69 Å². The summed E-state index contributed by atoms with van der Waals surface area (Å²) in [6.45, 7) is 6.61. The lowest BCUT2D eigenvalue weighted by Crippen LogP contribution is -2.39. The van der Waals surface area contributed by atoms with Crippen LogP contribution >= 0.6 is 11.3 Å². The van der Waals surface area contributed by atoms with Crippen LogP contribution in [0, 0.1) is 5.92 Å². The van der Waals surface area contributed by atoms with Gasteiger partial charge in [0.2, 0.25) is 0 Å². The molecule has 0 spiro atoms. The van der Waals surface area contributed by atoms with Crippen LogP contribution < -0.4 is 10.6 Å². The number of nitrogens with zero attached hydrogens (tertiary/aromatic N) is 1. The van der Waals surface area contributed by atoms with Gasteiger partial charge in [0.25, 0.3) is 0 Å². The van der Waals surface area contributed by atoms with Crippen molar-refractivity contribution in [1.29, 1.82) is 0 Å². The molecule has 0 aliphatic rings. The largest absolute Gasteiger partial charge is 0.476 e. The molecule has 2 amide bonds. The summed E-state index contributed by atoms with van der Waals surface area (Å²) in [5.41, 5.74) is 0.0103. The first-order chi connectivity index (χ1) is 9.47. The van der Waals surface area contributed by atoms with E-state index in [1.165, 1.54) is 16.7 Å². The molecule has 20 heavy (non-hydrogen) atoms. The molecule has 0 bridgehead atoms. The van der Waals surface area contributed by atoms with Crippen LogP contribution in [0.1, 0.15) is 55.2 Å². The fourth-order valence-electron chi connectivity index (χ4n) is 1.71. The van der Waals surface area contributed by atoms with E-state index in [4.69, 9.17) is 5.11 Å². The summed E-state index contributed by atoms with van der Waals surface area (Å²) < 4.78 is 0. The topological polar surface area (TPSA) is 91.3 Å². The number of carbonyl (C=O) groups excluding carboxylic acids is 1. The highest BCUT2D eigenvalue weighted by atomic mass is 32.1. The summed E-state index contributed by atoms with van der Waals surface area (Å²) in [6, 6.07) is -0.564. The molecule has 0 aliphatic carbocycles. The molecule has 0 saturated heterocycles. The average Bonchev–Trinajstić information content (AvgIpc) is 2.89. The van der Waals surface area contributed by atoms with Crippen molar-refractivity contribution >= 4 is 23.3 Å². The quantitative estimate of drug-likeness (QED) is 0.721. The molecule has 0 radical (unpaired) electrons. The van der Waals surface area contributed by atoms with E-state index in [9.17, 15) is 9.59 Å². The molecule has 1 heterocycles. The highest BCUT2D eigenvalue weighted by Crippen LogP contribution is 2.17. The minimum absolute atomic E-state index is 0.0103. The Morgan fingerprint density at radius 1 is 1.40 bits per heavy atom. The molecule has 3 N–H and O–H groups in total. The molecule has 112 valence electrons. The number of aromatic nitrogens is 1. The second-order valence-corrected chi connectivity index (χ2v) is 5.52. The average molecular weight is 299 g/mol. The number of carbonyl (C=O) groups is 2. The van der Waals surface area contributed by atoms with Gasteiger partial charge >= 0.3 is 12.0 Å². The standard InChI is InChI=1S/C13H21N3O3S/c1-4-9(5-2)6-14-13(19)15-8(3)11-16-10(7-20-11)12(17)18/h7-9H,4-6H2,1-3H3,(H,17,18)(H2,14,15,19). The van der Waals surface area contributed by atoms with Crippen LogP contribution in [-0.2, 0) is 0 Å². The van der Waals surface area contributed by atoms with Crippen molar-refractivity contribution in [3.8, 4) is 0 Å². The normalized spacial score (nSPS) is 12.2. The Labute approximate surface area is 122 Å². The van der Waals surface area contributed by atoms with Crippen molar-refractivity contribution in [1.82, 2.24) is 15.6 Å². The van der Waals surface area contributed by atoms with Gasteiger partial charge in [-0.2, -0.15) is 0 Å². The highest BCUT2D eigenvalue weighted by molar-refractivity contribution is 7.09. The Kier molecular flexibility index (Phi) is 6.44. The number of hydrogen-bond donors (Lipinski definition) is 3. The Morgan fingerprint density at radius 3 is 2.55 bits per heavy atom. The number of aromatic carboxylic acids is 1. The van der Waals surface area contributed by atoms with E-state index in [0.717, 1.165) is 12.8 Å². The lowest BCUT2D eigenvalue weighted by atomic mass is 10.0. The Hall–Kier alpha value is -1.63. The summed E-state index contributed by atoms with van der Waals surface area (Å²) in [5, 5.41) is 16.4. The molecule has 0 saturated carbocycles. The SMILES string of the molecule is CCC(CC)CNC(=O)NC(C)c1nc(C(=O)O)cs1. The fraction of sp³-hybridized carbons (Fsp3) is 0.615. The monoisotopic (exact) mass is 299 g/mol. The third-order valence-electron chi connectivity index (χ3n) is 3.17. The van der Waals surface area contributed by atoms with E-state index >= 15 is 0 Å². The number of hydrogen-bond acceptors (Lipinski definition) is 4. The van der Waals surface area contributed by atoms with Crippen LogP contribution in [0.4, 0.5) is 4.79 Å². The molecule has 1 unspecified atom stereocenters. The summed E-state index contributed by atoms with van der Waals surface area (Å²) in [5.74, 6) is -0.576. The van der Waals surface area contributed by atoms with Crippen LogP contribution in [0.3, 0.4) is 0 Å². The summed E-state index contributed by atoms with van der Waals surface area (Å²) in [7, 11) is 0. The van der Waals surface area contributed by atoms with Gasteiger partial charge in [-0.1, -0.05) is 26.7 Å². The summed E-state index contributed by atoms with van der Waals surface area (Å²) >= 11 is 1.23. The minimum Gasteiger partial charge on any atom is -0.476 e. The number of rotatable bonds is 7. The van der Waals surface area contributed by atoms with Crippen molar-refractivity contribution in [3.63, 3.8) is 0 Å². The predicted molar refractivity (Wildman–Crippen MR) is 78.1 cm³/mol. The van der Waals surface area contributed by atoms with Gasteiger partial charge in [-0.05, 0) is 12.8 Å². The zero-order chi connectivity index (χ0) is 15.1. The van der Waals surface area contributed by atoms with Crippen LogP contribution in [0.25, 0.3) is 0 Å². The van der Waals surface area contributed by atoms with Gasteiger partial charge in [0, 0.05) is 11.9 Å². The molecule has 0 aliphatic heterocycles. The van der Waals surface area contributed by atoms with Crippen molar-refractivity contribution in [2.45, 2.75) is 39.7 Å². The molecule has 1 aromatic heterocycles. The van der Waals surface area contributed by atoms with Gasteiger partial charge in [0.05, 0.1) is 6.04 Å². The van der Waals surface area contributed by atoms with Gasteiger partial charge in [-0.15, -0.1) is 11.3 Å². The molecule has 0 aromatic carbocycles.